The van der Waals surface area contributed by atoms with Gasteiger partial charge in [-0.2, -0.15) is 0 Å². The maximum Gasteiger partial charge on any atom is 0.326 e. The predicted molar refractivity (Wildman–Crippen MR) is 140 cm³/mol. The molecule has 1 aromatic carbocycles. The quantitative estimate of drug-likeness (QED) is 0.185. The smallest absolute Gasteiger partial charge is 0.326 e. The minimum Gasteiger partial charge on any atom is -0.481 e. The second kappa shape index (κ2) is 13.6. The summed E-state index contributed by atoms with van der Waals surface area (Å²) in [4.78, 5) is 64.7. The van der Waals surface area contributed by atoms with Gasteiger partial charge in [0.1, 0.15) is 18.1 Å². The molecule has 4 atom stereocenters. The number of carbonyl (C=O) groups is 5. The maximum absolute atomic E-state index is 13.3. The number of hydrogen-bond donors (Lipinski definition) is 7. The molecule has 208 valence electrons. The molecule has 1 heterocycles. The van der Waals surface area contributed by atoms with Crippen LogP contribution < -0.4 is 21.7 Å². The van der Waals surface area contributed by atoms with Crippen LogP contribution in [0, 0.1) is 11.8 Å². The van der Waals surface area contributed by atoms with Crippen LogP contribution in [0.2, 0.25) is 0 Å². The molecule has 38 heavy (non-hydrogen) atoms. The number of carboxylic acid groups (broad SMARTS) is 2. The summed E-state index contributed by atoms with van der Waals surface area (Å²) in [6.45, 7) is 6.71. The molecule has 0 radical (unpaired) electrons. The van der Waals surface area contributed by atoms with Gasteiger partial charge in [-0.1, -0.05) is 45.9 Å². The van der Waals surface area contributed by atoms with Gasteiger partial charge in [-0.15, -0.1) is 0 Å². The molecule has 2 aromatic rings. The van der Waals surface area contributed by atoms with Gasteiger partial charge in [0.15, 0.2) is 0 Å². The van der Waals surface area contributed by atoms with Gasteiger partial charge in [-0.05, 0) is 29.9 Å². The molecule has 0 aliphatic heterocycles. The monoisotopic (exact) mass is 531 g/mol. The number of nitrogens with two attached hydrogens (primary N) is 1. The van der Waals surface area contributed by atoms with Crippen LogP contribution >= 0.6 is 0 Å². The van der Waals surface area contributed by atoms with E-state index in [0.717, 1.165) is 16.5 Å². The van der Waals surface area contributed by atoms with Gasteiger partial charge in [-0.25, -0.2) is 4.79 Å². The summed E-state index contributed by atoms with van der Waals surface area (Å²) >= 11 is 0. The number of rotatable bonds is 14. The second-order valence-corrected chi connectivity index (χ2v) is 9.96. The van der Waals surface area contributed by atoms with Gasteiger partial charge in [-0.3, -0.25) is 19.2 Å². The van der Waals surface area contributed by atoms with Gasteiger partial charge in [0, 0.05) is 29.9 Å². The summed E-state index contributed by atoms with van der Waals surface area (Å²) in [5, 5.41) is 26.9. The minimum atomic E-state index is -1.20. The Morgan fingerprint density at radius 3 is 2.05 bits per heavy atom. The first-order valence-electron chi connectivity index (χ1n) is 12.5. The Labute approximate surface area is 220 Å². The number of fused-ring (bicyclic) bond motifs is 1. The van der Waals surface area contributed by atoms with E-state index in [2.05, 4.69) is 20.9 Å². The highest BCUT2D eigenvalue weighted by molar-refractivity contribution is 5.95. The zero-order chi connectivity index (χ0) is 28.6. The summed E-state index contributed by atoms with van der Waals surface area (Å²) < 4.78 is 0. The molecule has 12 nitrogen and oxygen atoms in total. The lowest BCUT2D eigenvalue weighted by Gasteiger charge is -2.27. The molecule has 1 aromatic heterocycles. The number of benzene rings is 1. The zero-order valence-electron chi connectivity index (χ0n) is 22.0. The molecule has 0 bridgehead atoms. The van der Waals surface area contributed by atoms with Gasteiger partial charge in [0.2, 0.25) is 17.7 Å². The number of aliphatic carboxylic acids is 2. The van der Waals surface area contributed by atoms with E-state index in [-0.39, 0.29) is 19.3 Å². The van der Waals surface area contributed by atoms with E-state index in [9.17, 15) is 29.1 Å². The van der Waals surface area contributed by atoms with Crippen molar-refractivity contribution in [3.63, 3.8) is 0 Å². The summed E-state index contributed by atoms with van der Waals surface area (Å²) in [5.74, 6) is -5.14. The van der Waals surface area contributed by atoms with Crippen LogP contribution in [-0.2, 0) is 30.4 Å². The molecule has 0 spiro atoms. The van der Waals surface area contributed by atoms with Crippen LogP contribution in [0.1, 0.15) is 46.1 Å². The fraction of sp³-hybridized carbons (Fsp3) is 0.500. The number of hydrogen-bond acceptors (Lipinski definition) is 6. The first-order chi connectivity index (χ1) is 17.8. The fourth-order valence-electron chi connectivity index (χ4n) is 3.96. The van der Waals surface area contributed by atoms with Crippen molar-refractivity contribution in [1.29, 1.82) is 0 Å². The highest BCUT2D eigenvalue weighted by atomic mass is 16.4. The molecule has 3 amide bonds. The largest absolute Gasteiger partial charge is 0.481 e. The van der Waals surface area contributed by atoms with Gasteiger partial charge in [0.05, 0.1) is 6.04 Å². The number of carbonyl (C=O) groups excluding carboxylic acids is 3. The molecule has 0 fully saturated rings. The first kappa shape index (κ1) is 30.3. The van der Waals surface area contributed by atoms with Crippen LogP contribution in [0.5, 0.6) is 0 Å². The lowest BCUT2D eigenvalue weighted by Crippen LogP contribution is -2.59. The summed E-state index contributed by atoms with van der Waals surface area (Å²) in [6, 6.07) is 2.89. The SMILES string of the molecule is CC(C)C(NC(=O)C(Cc1c[nH]c2ccccc12)NC(=O)C(NC(=O)C(N)CCC(=O)O)C(C)C)C(=O)O. The van der Waals surface area contributed by atoms with Crippen molar-refractivity contribution in [3.05, 3.63) is 36.0 Å². The zero-order valence-corrected chi connectivity index (χ0v) is 22.0. The fourth-order valence-corrected chi connectivity index (χ4v) is 3.96. The van der Waals surface area contributed by atoms with Gasteiger partial charge >= 0.3 is 11.9 Å². The minimum absolute atomic E-state index is 0.0584. The van der Waals surface area contributed by atoms with Crippen LogP contribution in [0.15, 0.2) is 30.5 Å². The van der Waals surface area contributed by atoms with Crippen molar-refractivity contribution in [1.82, 2.24) is 20.9 Å². The van der Waals surface area contributed by atoms with Crippen LogP contribution in [0.25, 0.3) is 10.9 Å². The molecule has 0 saturated heterocycles. The molecule has 0 aliphatic carbocycles. The average molecular weight is 532 g/mol. The summed E-state index contributed by atoms with van der Waals surface area (Å²) in [7, 11) is 0. The molecule has 4 unspecified atom stereocenters. The standard InChI is InChI=1S/C26H37N5O7/c1-13(2)21(30-23(34)17(27)9-10-20(32)33)25(36)29-19(24(35)31-22(14(3)4)26(37)38)11-15-12-28-18-8-6-5-7-16(15)18/h5-8,12-14,17,19,21-22,28H,9-11,27H2,1-4H3,(H,29,36)(H,30,34)(H,31,35)(H,32,33)(H,37,38). The van der Waals surface area contributed by atoms with Crippen LogP contribution in [-0.4, -0.2) is 69.0 Å². The van der Waals surface area contributed by atoms with Crippen molar-refractivity contribution in [2.45, 2.75) is 71.1 Å². The molecular formula is C26H37N5O7. The molecule has 12 heteroatoms. The van der Waals surface area contributed by atoms with E-state index in [1.54, 1.807) is 33.9 Å². The van der Waals surface area contributed by atoms with Crippen molar-refractivity contribution in [2.24, 2.45) is 17.6 Å². The normalized spacial score (nSPS) is 14.5. The summed E-state index contributed by atoms with van der Waals surface area (Å²) in [5.41, 5.74) is 7.36. The third-order valence-electron chi connectivity index (χ3n) is 6.22. The Morgan fingerprint density at radius 2 is 1.47 bits per heavy atom. The molecule has 0 aliphatic rings. The molecule has 0 saturated carbocycles. The van der Waals surface area contributed by atoms with Crippen molar-refractivity contribution in [3.8, 4) is 0 Å². The van der Waals surface area contributed by atoms with Crippen LogP contribution in [0.3, 0.4) is 0 Å². The number of para-hydroxylation sites is 1. The molecule has 2 rings (SSSR count). The van der Waals surface area contributed by atoms with Crippen molar-refractivity contribution >= 4 is 40.6 Å². The predicted octanol–water partition coefficient (Wildman–Crippen LogP) is 0.754. The van der Waals surface area contributed by atoms with Crippen molar-refractivity contribution in [2.75, 3.05) is 0 Å². The van der Waals surface area contributed by atoms with E-state index in [4.69, 9.17) is 10.8 Å². The number of aromatic nitrogens is 1. The highest BCUT2D eigenvalue weighted by Crippen LogP contribution is 2.19. The lowest BCUT2D eigenvalue weighted by molar-refractivity contribution is -0.143. The number of nitrogens with one attached hydrogen (secondary N) is 4. The number of aromatic amines is 1. The Hall–Kier alpha value is -3.93. The maximum atomic E-state index is 13.3. The van der Waals surface area contributed by atoms with E-state index in [1.807, 2.05) is 24.3 Å². The number of H-pyrrole nitrogens is 1. The Morgan fingerprint density at radius 1 is 0.868 bits per heavy atom. The number of amides is 3. The topological polar surface area (TPSA) is 204 Å². The molecular weight excluding hydrogens is 494 g/mol. The highest BCUT2D eigenvalue weighted by Gasteiger charge is 2.33. The van der Waals surface area contributed by atoms with E-state index >= 15 is 0 Å². The van der Waals surface area contributed by atoms with Gasteiger partial charge in [0.25, 0.3) is 0 Å². The van der Waals surface area contributed by atoms with Gasteiger partial charge < -0.3 is 36.9 Å². The average Bonchev–Trinajstić information content (AvgIpc) is 3.25. The van der Waals surface area contributed by atoms with E-state index < -0.39 is 65.7 Å². The number of carboxylic acids is 2. The van der Waals surface area contributed by atoms with Crippen molar-refractivity contribution < 1.29 is 34.2 Å². The first-order valence-corrected chi connectivity index (χ1v) is 12.5. The second-order valence-electron chi connectivity index (χ2n) is 9.96. The van der Waals surface area contributed by atoms with Crippen LogP contribution in [0.4, 0.5) is 0 Å². The Balaban J connectivity index is 2.28. The van der Waals surface area contributed by atoms with E-state index in [1.165, 1.54) is 0 Å². The third kappa shape index (κ3) is 8.30. The third-order valence-corrected chi connectivity index (χ3v) is 6.22. The van der Waals surface area contributed by atoms with E-state index in [0.29, 0.717) is 0 Å². The lowest BCUT2D eigenvalue weighted by atomic mass is 9.99. The summed E-state index contributed by atoms with van der Waals surface area (Å²) in [6.07, 6.45) is 1.37. The molecule has 8 N–H and O–H groups in total. The Bertz CT molecular complexity index is 1160. The Kier molecular flexibility index (Phi) is 10.8.